The van der Waals surface area contributed by atoms with Crippen molar-refractivity contribution in [1.82, 2.24) is 9.55 Å². The number of aromatic nitrogens is 2. The summed E-state index contributed by atoms with van der Waals surface area (Å²) in [6.45, 7) is 9.25. The zero-order valence-electron chi connectivity index (χ0n) is 14.1. The van der Waals surface area contributed by atoms with E-state index in [2.05, 4.69) is 50.5 Å². The fraction of sp³-hybridized carbons (Fsp3) is 0.300. The van der Waals surface area contributed by atoms with Gasteiger partial charge in [-0.15, -0.1) is 0 Å². The molecule has 0 atom stereocenters. The Balaban J connectivity index is 2.21. The van der Waals surface area contributed by atoms with Gasteiger partial charge in [0.25, 0.3) is 0 Å². The topological polar surface area (TPSA) is 41.6 Å². The zero-order valence-corrected chi connectivity index (χ0v) is 14.1. The van der Waals surface area contributed by atoms with Crippen LogP contribution in [0.25, 0.3) is 11.0 Å². The molecular weight excluding hydrogens is 282 g/mol. The first kappa shape index (κ1) is 15.3. The highest BCUT2D eigenvalue weighted by atomic mass is 15.1. The summed E-state index contributed by atoms with van der Waals surface area (Å²) in [5, 5.41) is 9.34. The summed E-state index contributed by atoms with van der Waals surface area (Å²) < 4.78 is 2.25. The molecule has 0 spiro atoms. The summed E-state index contributed by atoms with van der Waals surface area (Å²) in [6.07, 6.45) is 0. The first-order chi connectivity index (χ1) is 11.0. The van der Waals surface area contributed by atoms with Crippen LogP contribution in [-0.2, 0) is 6.54 Å². The average molecular weight is 303 g/mol. The second-order valence-corrected chi connectivity index (χ2v) is 6.40. The molecule has 0 unspecified atom stereocenters. The van der Waals surface area contributed by atoms with E-state index in [1.54, 1.807) is 0 Å². The van der Waals surface area contributed by atoms with Crippen LogP contribution in [0.1, 0.15) is 47.8 Å². The van der Waals surface area contributed by atoms with Gasteiger partial charge in [0.2, 0.25) is 0 Å². The molecule has 1 heterocycles. The summed E-state index contributed by atoms with van der Waals surface area (Å²) in [5.41, 5.74) is 6.47. The van der Waals surface area contributed by atoms with Crippen molar-refractivity contribution in [3.05, 3.63) is 64.5 Å². The maximum absolute atomic E-state index is 9.34. The van der Waals surface area contributed by atoms with Gasteiger partial charge in [0.1, 0.15) is 5.82 Å². The number of nitrogens with zero attached hydrogens (tertiary/aromatic N) is 3. The molecule has 0 fully saturated rings. The van der Waals surface area contributed by atoms with Gasteiger partial charge >= 0.3 is 0 Å². The molecule has 0 aliphatic heterocycles. The van der Waals surface area contributed by atoms with Gasteiger partial charge in [0, 0.05) is 5.92 Å². The summed E-state index contributed by atoms with van der Waals surface area (Å²) in [6, 6.07) is 14.4. The molecule has 116 valence electrons. The molecule has 3 rings (SSSR count). The van der Waals surface area contributed by atoms with E-state index in [0.717, 1.165) is 28.0 Å². The third-order valence-electron chi connectivity index (χ3n) is 4.38. The second-order valence-electron chi connectivity index (χ2n) is 6.40. The lowest BCUT2D eigenvalue weighted by Crippen LogP contribution is -2.08. The van der Waals surface area contributed by atoms with Crippen LogP contribution in [-0.4, -0.2) is 9.55 Å². The Kier molecular flexibility index (Phi) is 3.92. The van der Waals surface area contributed by atoms with E-state index in [4.69, 9.17) is 4.98 Å². The summed E-state index contributed by atoms with van der Waals surface area (Å²) in [5.74, 6) is 1.40. The van der Waals surface area contributed by atoms with Gasteiger partial charge < -0.3 is 4.57 Å². The number of fused-ring (bicyclic) bond motifs is 1. The molecular formula is C20H21N3. The predicted molar refractivity (Wildman–Crippen MR) is 93.6 cm³/mol. The third kappa shape index (κ3) is 2.73. The number of benzene rings is 2. The van der Waals surface area contributed by atoms with Crippen LogP contribution >= 0.6 is 0 Å². The molecule has 0 aliphatic carbocycles. The Hall–Kier alpha value is -2.60. The van der Waals surface area contributed by atoms with Crippen LogP contribution in [0.5, 0.6) is 0 Å². The van der Waals surface area contributed by atoms with Gasteiger partial charge in [-0.3, -0.25) is 0 Å². The van der Waals surface area contributed by atoms with Crippen LogP contribution in [0.2, 0.25) is 0 Å². The molecule has 0 N–H and O–H groups in total. The monoisotopic (exact) mass is 303 g/mol. The van der Waals surface area contributed by atoms with Crippen molar-refractivity contribution in [1.29, 1.82) is 5.26 Å². The second kappa shape index (κ2) is 5.89. The van der Waals surface area contributed by atoms with Gasteiger partial charge in [-0.25, -0.2) is 4.98 Å². The summed E-state index contributed by atoms with van der Waals surface area (Å²) in [4.78, 5) is 4.85. The van der Waals surface area contributed by atoms with Crippen molar-refractivity contribution in [3.8, 4) is 6.07 Å². The number of rotatable bonds is 3. The predicted octanol–water partition coefficient (Wildman–Crippen LogP) is 4.70. The third-order valence-corrected chi connectivity index (χ3v) is 4.38. The molecule has 0 saturated heterocycles. The highest BCUT2D eigenvalue weighted by molar-refractivity contribution is 5.78. The molecule has 2 aromatic carbocycles. The van der Waals surface area contributed by atoms with Crippen molar-refractivity contribution in [2.75, 3.05) is 0 Å². The van der Waals surface area contributed by atoms with Crippen molar-refractivity contribution in [2.24, 2.45) is 0 Å². The van der Waals surface area contributed by atoms with Crippen LogP contribution in [0.15, 0.2) is 36.4 Å². The Bertz CT molecular complexity index is 911. The van der Waals surface area contributed by atoms with E-state index in [9.17, 15) is 5.26 Å². The van der Waals surface area contributed by atoms with Crippen molar-refractivity contribution in [2.45, 2.75) is 40.2 Å². The van der Waals surface area contributed by atoms with Gasteiger partial charge in [-0.05, 0) is 48.7 Å². The van der Waals surface area contributed by atoms with Crippen LogP contribution in [0, 0.1) is 25.2 Å². The lowest BCUT2D eigenvalue weighted by molar-refractivity contribution is 0.682. The quantitative estimate of drug-likeness (QED) is 0.704. The first-order valence-corrected chi connectivity index (χ1v) is 7.96. The number of hydrogen-bond acceptors (Lipinski definition) is 2. The largest absolute Gasteiger partial charge is 0.323 e. The minimum Gasteiger partial charge on any atom is -0.323 e. The molecule has 0 aliphatic rings. The smallest absolute Gasteiger partial charge is 0.112 e. The van der Waals surface area contributed by atoms with Crippen molar-refractivity contribution < 1.29 is 0 Å². The van der Waals surface area contributed by atoms with Crippen molar-refractivity contribution >= 4 is 11.0 Å². The molecule has 3 nitrogen and oxygen atoms in total. The number of hydrogen-bond donors (Lipinski definition) is 0. The lowest BCUT2D eigenvalue weighted by atomic mass is 10.1. The molecule has 3 aromatic rings. The van der Waals surface area contributed by atoms with E-state index in [0.29, 0.717) is 12.5 Å². The summed E-state index contributed by atoms with van der Waals surface area (Å²) >= 11 is 0. The van der Waals surface area contributed by atoms with Crippen LogP contribution in [0.4, 0.5) is 0 Å². The highest BCUT2D eigenvalue weighted by Crippen LogP contribution is 2.26. The Morgan fingerprint density at radius 3 is 2.52 bits per heavy atom. The average Bonchev–Trinajstić information content (AvgIpc) is 2.86. The summed E-state index contributed by atoms with van der Waals surface area (Å²) in [7, 11) is 0. The fourth-order valence-electron chi connectivity index (χ4n) is 2.94. The Morgan fingerprint density at radius 1 is 1.13 bits per heavy atom. The minimum atomic E-state index is 0.331. The molecule has 1 aromatic heterocycles. The number of nitriles is 1. The highest BCUT2D eigenvalue weighted by Gasteiger charge is 2.16. The first-order valence-electron chi connectivity index (χ1n) is 7.96. The van der Waals surface area contributed by atoms with E-state index >= 15 is 0 Å². The number of imidazole rings is 1. The molecule has 3 heteroatoms. The maximum atomic E-state index is 9.34. The molecule has 0 amide bonds. The van der Waals surface area contributed by atoms with Crippen molar-refractivity contribution in [3.63, 3.8) is 0 Å². The van der Waals surface area contributed by atoms with E-state index < -0.39 is 0 Å². The van der Waals surface area contributed by atoms with Gasteiger partial charge in [-0.2, -0.15) is 5.26 Å². The van der Waals surface area contributed by atoms with E-state index in [1.807, 2.05) is 24.3 Å². The number of aryl methyl sites for hydroxylation is 2. The Labute approximate surface area is 137 Å². The van der Waals surface area contributed by atoms with Crippen LogP contribution < -0.4 is 0 Å². The van der Waals surface area contributed by atoms with Gasteiger partial charge in [0.05, 0.1) is 29.2 Å². The van der Waals surface area contributed by atoms with Gasteiger partial charge in [0.15, 0.2) is 0 Å². The standard InChI is InChI=1S/C20H21N3/c1-13(2)20-22-18-9-14(3)15(4)10-19(18)23(20)12-17-8-6-5-7-16(17)11-21/h5-10,13H,12H2,1-4H3. The maximum Gasteiger partial charge on any atom is 0.112 e. The minimum absolute atomic E-state index is 0.331. The van der Waals surface area contributed by atoms with E-state index in [-0.39, 0.29) is 0 Å². The van der Waals surface area contributed by atoms with E-state index in [1.165, 1.54) is 11.1 Å². The normalized spacial score (nSPS) is 11.1. The van der Waals surface area contributed by atoms with Gasteiger partial charge in [-0.1, -0.05) is 32.0 Å². The molecule has 0 bridgehead atoms. The molecule has 0 saturated carbocycles. The SMILES string of the molecule is Cc1cc2nc(C(C)C)n(Cc3ccccc3C#N)c2cc1C. The lowest BCUT2D eigenvalue weighted by Gasteiger charge is -2.13. The molecule has 23 heavy (non-hydrogen) atoms. The fourth-order valence-corrected chi connectivity index (χ4v) is 2.94. The van der Waals surface area contributed by atoms with Crippen LogP contribution in [0.3, 0.4) is 0 Å². The molecule has 0 radical (unpaired) electrons. The Morgan fingerprint density at radius 2 is 1.83 bits per heavy atom. The zero-order chi connectivity index (χ0) is 16.6.